The van der Waals surface area contributed by atoms with Crippen LogP contribution < -0.4 is 0 Å². The van der Waals surface area contributed by atoms with Crippen molar-refractivity contribution in [2.75, 3.05) is 0 Å². The van der Waals surface area contributed by atoms with E-state index in [0.29, 0.717) is 28.3 Å². The van der Waals surface area contributed by atoms with Gasteiger partial charge in [-0.15, -0.1) is 0 Å². The summed E-state index contributed by atoms with van der Waals surface area (Å²) >= 11 is 1.75. The highest BCUT2D eigenvalue weighted by Gasteiger charge is 2.13. The molecule has 96 valence electrons. The monoisotopic (exact) mass is 264 g/mol. The van der Waals surface area contributed by atoms with E-state index in [9.17, 15) is 5.11 Å². The van der Waals surface area contributed by atoms with Crippen LogP contribution in [0.1, 0.15) is 25.2 Å². The second-order valence-corrected chi connectivity index (χ2v) is 5.96. The summed E-state index contributed by atoms with van der Waals surface area (Å²) in [6.07, 6.45) is 0. The first-order chi connectivity index (χ1) is 8.56. The smallest absolute Gasteiger partial charge is 0.261 e. The van der Waals surface area contributed by atoms with Gasteiger partial charge in [-0.2, -0.15) is 16.7 Å². The van der Waals surface area contributed by atoms with Crippen LogP contribution in [0.25, 0.3) is 11.5 Å². The topological polar surface area (TPSA) is 59.2 Å². The maximum absolute atomic E-state index is 9.78. The van der Waals surface area contributed by atoms with Crippen molar-refractivity contribution in [1.82, 2.24) is 10.1 Å². The van der Waals surface area contributed by atoms with Gasteiger partial charge in [0.1, 0.15) is 5.75 Å². The van der Waals surface area contributed by atoms with Gasteiger partial charge in [0.05, 0.1) is 11.3 Å². The molecule has 0 spiro atoms. The molecule has 1 aromatic carbocycles. The normalized spacial score (nSPS) is 11.1. The van der Waals surface area contributed by atoms with Gasteiger partial charge < -0.3 is 9.63 Å². The fourth-order valence-corrected chi connectivity index (χ4v) is 2.08. The second kappa shape index (κ2) is 5.44. The number of phenolic OH excluding ortho intramolecular Hbond substituents is 1. The first-order valence-electron chi connectivity index (χ1n) is 5.80. The average molecular weight is 264 g/mol. The fraction of sp³-hybridized carbons (Fsp3) is 0.385. The van der Waals surface area contributed by atoms with E-state index in [2.05, 4.69) is 24.0 Å². The van der Waals surface area contributed by atoms with Gasteiger partial charge in [-0.3, -0.25) is 0 Å². The zero-order valence-electron chi connectivity index (χ0n) is 10.7. The molecule has 5 heteroatoms. The van der Waals surface area contributed by atoms with Crippen molar-refractivity contribution < 1.29 is 9.63 Å². The van der Waals surface area contributed by atoms with E-state index >= 15 is 0 Å². The van der Waals surface area contributed by atoms with Crippen LogP contribution in [0, 0.1) is 6.92 Å². The summed E-state index contributed by atoms with van der Waals surface area (Å²) < 4.78 is 5.18. The van der Waals surface area contributed by atoms with Crippen LogP contribution in [0.15, 0.2) is 22.7 Å². The van der Waals surface area contributed by atoms with Gasteiger partial charge in [0.25, 0.3) is 5.89 Å². The van der Waals surface area contributed by atoms with Crippen LogP contribution in [0.4, 0.5) is 0 Å². The van der Waals surface area contributed by atoms with Gasteiger partial charge in [0.2, 0.25) is 0 Å². The molecule has 0 aliphatic rings. The summed E-state index contributed by atoms with van der Waals surface area (Å²) in [7, 11) is 0. The van der Waals surface area contributed by atoms with E-state index in [1.54, 1.807) is 17.8 Å². The second-order valence-electron chi connectivity index (χ2n) is 4.40. The van der Waals surface area contributed by atoms with E-state index < -0.39 is 0 Å². The Balaban J connectivity index is 2.21. The van der Waals surface area contributed by atoms with Gasteiger partial charge in [-0.1, -0.05) is 30.6 Å². The number of aryl methyl sites for hydroxylation is 1. The molecule has 0 aliphatic heterocycles. The van der Waals surface area contributed by atoms with Crippen molar-refractivity contribution in [3.05, 3.63) is 29.6 Å². The Kier molecular flexibility index (Phi) is 3.91. The highest BCUT2D eigenvalue weighted by Crippen LogP contribution is 2.29. The Hall–Kier alpha value is -1.49. The third kappa shape index (κ3) is 3.04. The van der Waals surface area contributed by atoms with Crippen LogP contribution in [0.3, 0.4) is 0 Å². The minimum absolute atomic E-state index is 0.160. The predicted octanol–water partition coefficient (Wildman–Crippen LogP) is 3.39. The average Bonchev–Trinajstić information content (AvgIpc) is 2.78. The molecule has 1 aromatic heterocycles. The molecule has 4 nitrogen and oxygen atoms in total. The standard InChI is InChI=1S/C13H16N2O2S/c1-8(2)18-7-12-14-13(17-15-12)10-6-9(3)4-5-11(10)16/h4-6,8,16H,7H2,1-3H3. The summed E-state index contributed by atoms with van der Waals surface area (Å²) in [5, 5.41) is 14.2. The maximum atomic E-state index is 9.78. The first kappa shape index (κ1) is 13.0. The van der Waals surface area contributed by atoms with E-state index in [4.69, 9.17) is 4.52 Å². The van der Waals surface area contributed by atoms with Crippen LogP contribution in [-0.4, -0.2) is 20.5 Å². The van der Waals surface area contributed by atoms with Gasteiger partial charge in [-0.05, 0) is 24.3 Å². The molecule has 2 rings (SSSR count). The Bertz CT molecular complexity index is 538. The zero-order chi connectivity index (χ0) is 13.1. The molecule has 0 amide bonds. The van der Waals surface area contributed by atoms with Crippen LogP contribution >= 0.6 is 11.8 Å². The minimum atomic E-state index is 0.160. The number of hydrogen-bond donors (Lipinski definition) is 1. The molecule has 0 radical (unpaired) electrons. The molecule has 0 aliphatic carbocycles. The maximum Gasteiger partial charge on any atom is 0.261 e. The molecular weight excluding hydrogens is 248 g/mol. The van der Waals surface area contributed by atoms with E-state index in [-0.39, 0.29) is 5.75 Å². The molecule has 0 saturated heterocycles. The molecule has 2 aromatic rings. The number of phenols is 1. The van der Waals surface area contributed by atoms with E-state index in [0.717, 1.165) is 5.56 Å². The van der Waals surface area contributed by atoms with E-state index in [1.165, 1.54) is 0 Å². The Morgan fingerprint density at radius 1 is 1.39 bits per heavy atom. The van der Waals surface area contributed by atoms with Crippen molar-refractivity contribution >= 4 is 11.8 Å². The molecule has 18 heavy (non-hydrogen) atoms. The molecule has 1 heterocycles. The number of aromatic hydroxyl groups is 1. The van der Waals surface area contributed by atoms with Gasteiger partial charge in [0.15, 0.2) is 5.82 Å². The number of nitrogens with zero attached hydrogens (tertiary/aromatic N) is 2. The first-order valence-corrected chi connectivity index (χ1v) is 6.85. The quantitative estimate of drug-likeness (QED) is 0.917. The van der Waals surface area contributed by atoms with Crippen LogP contribution in [-0.2, 0) is 5.75 Å². The third-order valence-corrected chi connectivity index (χ3v) is 3.49. The molecule has 0 saturated carbocycles. The summed E-state index contributed by atoms with van der Waals surface area (Å²) in [6, 6.07) is 5.31. The largest absolute Gasteiger partial charge is 0.507 e. The number of hydrogen-bond acceptors (Lipinski definition) is 5. The van der Waals surface area contributed by atoms with Crippen molar-refractivity contribution in [3.8, 4) is 17.2 Å². The highest BCUT2D eigenvalue weighted by atomic mass is 32.2. The molecule has 1 N–H and O–H groups in total. The highest BCUT2D eigenvalue weighted by molar-refractivity contribution is 7.99. The van der Waals surface area contributed by atoms with Crippen molar-refractivity contribution in [3.63, 3.8) is 0 Å². The third-order valence-electron chi connectivity index (χ3n) is 2.40. The Labute approximate surface area is 110 Å². The molecule has 0 fully saturated rings. The molecule has 0 bridgehead atoms. The van der Waals surface area contributed by atoms with Crippen LogP contribution in [0.5, 0.6) is 5.75 Å². The Morgan fingerprint density at radius 3 is 2.89 bits per heavy atom. The predicted molar refractivity (Wildman–Crippen MR) is 72.6 cm³/mol. The SMILES string of the molecule is Cc1ccc(O)c(-c2nc(CSC(C)C)no2)c1. The lowest BCUT2D eigenvalue weighted by Gasteiger charge is -2.00. The van der Waals surface area contributed by atoms with Crippen LogP contribution in [0.2, 0.25) is 0 Å². The minimum Gasteiger partial charge on any atom is -0.507 e. The van der Waals surface area contributed by atoms with Crippen molar-refractivity contribution in [1.29, 1.82) is 0 Å². The van der Waals surface area contributed by atoms with E-state index in [1.807, 2.05) is 19.1 Å². The summed E-state index contributed by atoms with van der Waals surface area (Å²) in [5.74, 6) is 1.90. The zero-order valence-corrected chi connectivity index (χ0v) is 11.5. The lowest BCUT2D eigenvalue weighted by Crippen LogP contribution is -1.90. The van der Waals surface area contributed by atoms with Gasteiger partial charge in [0, 0.05) is 0 Å². The number of aromatic nitrogens is 2. The summed E-state index contributed by atoms with van der Waals surface area (Å²) in [6.45, 7) is 6.20. The number of benzene rings is 1. The van der Waals surface area contributed by atoms with Crippen molar-refractivity contribution in [2.45, 2.75) is 31.8 Å². The number of rotatable bonds is 4. The van der Waals surface area contributed by atoms with Gasteiger partial charge in [-0.25, -0.2) is 0 Å². The molecule has 0 unspecified atom stereocenters. The van der Waals surface area contributed by atoms with Gasteiger partial charge >= 0.3 is 0 Å². The van der Waals surface area contributed by atoms with Crippen molar-refractivity contribution in [2.24, 2.45) is 0 Å². The summed E-state index contributed by atoms with van der Waals surface area (Å²) in [4.78, 5) is 4.30. The summed E-state index contributed by atoms with van der Waals surface area (Å²) in [5.41, 5.74) is 1.63. The number of thioether (sulfide) groups is 1. The fourth-order valence-electron chi connectivity index (χ4n) is 1.48. The lowest BCUT2D eigenvalue weighted by molar-refractivity contribution is 0.419. The molecule has 0 atom stereocenters. The molecular formula is C13H16N2O2S. The lowest BCUT2D eigenvalue weighted by atomic mass is 10.1. The Morgan fingerprint density at radius 2 is 2.17 bits per heavy atom.